The molecular formula is C23H29N3O2. The number of carbonyl (C=O) groups excluding carboxylic acids is 2. The highest BCUT2D eigenvalue weighted by atomic mass is 16.2. The summed E-state index contributed by atoms with van der Waals surface area (Å²) in [4.78, 5) is 29.8. The molecule has 1 fully saturated rings. The third-order valence-electron chi connectivity index (χ3n) is 5.31. The minimum absolute atomic E-state index is 0.0996. The van der Waals surface area contributed by atoms with Gasteiger partial charge in [0.1, 0.15) is 5.41 Å². The number of piperazine rings is 1. The average molecular weight is 380 g/mol. The van der Waals surface area contributed by atoms with Crippen molar-refractivity contribution in [3.05, 3.63) is 71.8 Å². The summed E-state index contributed by atoms with van der Waals surface area (Å²) in [5.41, 5.74) is 1.23. The highest BCUT2D eigenvalue weighted by Crippen LogP contribution is 2.21. The summed E-state index contributed by atoms with van der Waals surface area (Å²) >= 11 is 0. The van der Waals surface area contributed by atoms with Gasteiger partial charge in [-0.3, -0.25) is 14.5 Å². The lowest BCUT2D eigenvalue weighted by Gasteiger charge is -2.38. The van der Waals surface area contributed by atoms with Gasteiger partial charge in [-0.25, -0.2) is 0 Å². The Morgan fingerprint density at radius 1 is 0.857 bits per heavy atom. The van der Waals surface area contributed by atoms with E-state index >= 15 is 0 Å². The quantitative estimate of drug-likeness (QED) is 0.785. The number of nitrogens with one attached hydrogen (secondary N) is 1. The first-order valence-corrected chi connectivity index (χ1v) is 9.85. The summed E-state index contributed by atoms with van der Waals surface area (Å²) in [6, 6.07) is 20.1. The molecule has 3 rings (SSSR count). The van der Waals surface area contributed by atoms with Crippen molar-refractivity contribution in [2.45, 2.75) is 26.9 Å². The Hall–Kier alpha value is -2.66. The number of amides is 2. The van der Waals surface area contributed by atoms with Gasteiger partial charge in [0.2, 0.25) is 11.8 Å². The molecular weight excluding hydrogens is 350 g/mol. The van der Waals surface area contributed by atoms with Crippen molar-refractivity contribution < 1.29 is 9.59 Å². The standard InChI is InChI=1S/C23H29N3O2/c1-23(2,21(27)24-17-19-9-5-3-6-10-19)22(28)26-15-13-25(14-16-26)18-20-11-7-4-8-12-20/h3-12H,13-18H2,1-2H3,(H,24,27). The van der Waals surface area contributed by atoms with Crippen molar-refractivity contribution in [2.24, 2.45) is 5.41 Å². The van der Waals surface area contributed by atoms with Crippen LogP contribution in [0.25, 0.3) is 0 Å². The van der Waals surface area contributed by atoms with Gasteiger partial charge in [-0.2, -0.15) is 0 Å². The van der Waals surface area contributed by atoms with Crippen LogP contribution in [0.4, 0.5) is 0 Å². The maximum absolute atomic E-state index is 13.0. The molecule has 2 aromatic carbocycles. The molecule has 28 heavy (non-hydrogen) atoms. The molecule has 1 heterocycles. The number of rotatable bonds is 6. The Labute approximate surface area is 167 Å². The second kappa shape index (κ2) is 9.02. The van der Waals surface area contributed by atoms with Crippen LogP contribution in [-0.2, 0) is 22.7 Å². The zero-order valence-electron chi connectivity index (χ0n) is 16.7. The number of carbonyl (C=O) groups is 2. The van der Waals surface area contributed by atoms with Crippen LogP contribution in [0.15, 0.2) is 60.7 Å². The van der Waals surface area contributed by atoms with Crippen LogP contribution in [0, 0.1) is 5.41 Å². The molecule has 1 saturated heterocycles. The fourth-order valence-corrected chi connectivity index (χ4v) is 3.44. The van der Waals surface area contributed by atoms with Gasteiger partial charge in [-0.1, -0.05) is 60.7 Å². The van der Waals surface area contributed by atoms with E-state index in [2.05, 4.69) is 22.3 Å². The monoisotopic (exact) mass is 379 g/mol. The van der Waals surface area contributed by atoms with E-state index in [0.717, 1.165) is 25.2 Å². The summed E-state index contributed by atoms with van der Waals surface area (Å²) in [6.45, 7) is 7.70. The molecule has 0 aromatic heterocycles. The summed E-state index contributed by atoms with van der Waals surface area (Å²) in [5.74, 6) is -0.328. The number of nitrogens with zero attached hydrogens (tertiary/aromatic N) is 2. The fourth-order valence-electron chi connectivity index (χ4n) is 3.44. The van der Waals surface area contributed by atoms with E-state index in [-0.39, 0.29) is 11.8 Å². The van der Waals surface area contributed by atoms with E-state index in [0.29, 0.717) is 19.6 Å². The summed E-state index contributed by atoms with van der Waals surface area (Å²) < 4.78 is 0. The molecule has 0 radical (unpaired) electrons. The van der Waals surface area contributed by atoms with Crippen LogP contribution in [0.5, 0.6) is 0 Å². The third kappa shape index (κ3) is 4.98. The highest BCUT2D eigenvalue weighted by molar-refractivity contribution is 6.04. The van der Waals surface area contributed by atoms with E-state index in [1.165, 1.54) is 5.56 Å². The van der Waals surface area contributed by atoms with Gasteiger partial charge in [0, 0.05) is 39.3 Å². The topological polar surface area (TPSA) is 52.7 Å². The summed E-state index contributed by atoms with van der Waals surface area (Å²) in [5, 5.41) is 2.90. The molecule has 0 unspecified atom stereocenters. The van der Waals surface area contributed by atoms with Gasteiger partial charge in [-0.15, -0.1) is 0 Å². The van der Waals surface area contributed by atoms with Gasteiger partial charge in [0.05, 0.1) is 0 Å². The molecule has 0 atom stereocenters. The second-order valence-corrected chi connectivity index (χ2v) is 7.85. The van der Waals surface area contributed by atoms with Gasteiger partial charge in [-0.05, 0) is 25.0 Å². The Morgan fingerprint density at radius 3 is 1.96 bits per heavy atom. The van der Waals surface area contributed by atoms with Crippen molar-refractivity contribution in [3.8, 4) is 0 Å². The molecule has 1 N–H and O–H groups in total. The lowest BCUT2D eigenvalue weighted by Crippen LogP contribution is -2.55. The number of hydrogen-bond donors (Lipinski definition) is 1. The van der Waals surface area contributed by atoms with Gasteiger partial charge < -0.3 is 10.2 Å². The SMILES string of the molecule is CC(C)(C(=O)NCc1ccccc1)C(=O)N1CCN(Cc2ccccc2)CC1. The molecule has 5 nitrogen and oxygen atoms in total. The predicted molar refractivity (Wildman–Crippen MR) is 110 cm³/mol. The fraction of sp³-hybridized carbons (Fsp3) is 0.391. The smallest absolute Gasteiger partial charge is 0.237 e. The minimum atomic E-state index is -1.07. The van der Waals surface area contributed by atoms with E-state index in [1.54, 1.807) is 13.8 Å². The number of benzene rings is 2. The van der Waals surface area contributed by atoms with E-state index < -0.39 is 5.41 Å². The van der Waals surface area contributed by atoms with E-state index in [4.69, 9.17) is 0 Å². The van der Waals surface area contributed by atoms with E-state index in [9.17, 15) is 9.59 Å². The lowest BCUT2D eigenvalue weighted by molar-refractivity contribution is -0.150. The molecule has 2 aromatic rings. The van der Waals surface area contributed by atoms with Crippen molar-refractivity contribution in [3.63, 3.8) is 0 Å². The molecule has 2 amide bonds. The summed E-state index contributed by atoms with van der Waals surface area (Å²) in [7, 11) is 0. The molecule has 5 heteroatoms. The maximum atomic E-state index is 13.0. The van der Waals surface area contributed by atoms with Crippen molar-refractivity contribution in [1.29, 1.82) is 0 Å². The normalized spacial score (nSPS) is 15.3. The van der Waals surface area contributed by atoms with Crippen molar-refractivity contribution in [1.82, 2.24) is 15.1 Å². The Balaban J connectivity index is 1.50. The van der Waals surface area contributed by atoms with Crippen LogP contribution in [0.2, 0.25) is 0 Å². The maximum Gasteiger partial charge on any atom is 0.237 e. The third-order valence-corrected chi connectivity index (χ3v) is 5.31. The average Bonchev–Trinajstić information content (AvgIpc) is 2.73. The molecule has 1 aliphatic heterocycles. The van der Waals surface area contributed by atoms with Gasteiger partial charge >= 0.3 is 0 Å². The second-order valence-electron chi connectivity index (χ2n) is 7.85. The zero-order valence-corrected chi connectivity index (χ0v) is 16.7. The van der Waals surface area contributed by atoms with Gasteiger partial charge in [0.15, 0.2) is 0 Å². The van der Waals surface area contributed by atoms with Crippen LogP contribution < -0.4 is 5.32 Å². The molecule has 0 saturated carbocycles. The highest BCUT2D eigenvalue weighted by Gasteiger charge is 2.39. The predicted octanol–water partition coefficient (Wildman–Crippen LogP) is 2.67. The van der Waals surface area contributed by atoms with Crippen molar-refractivity contribution >= 4 is 11.8 Å². The van der Waals surface area contributed by atoms with Crippen LogP contribution in [0.1, 0.15) is 25.0 Å². The first kappa shape index (κ1) is 20.1. The van der Waals surface area contributed by atoms with Crippen LogP contribution >= 0.6 is 0 Å². The lowest BCUT2D eigenvalue weighted by atomic mass is 9.89. The first-order valence-electron chi connectivity index (χ1n) is 9.85. The van der Waals surface area contributed by atoms with Gasteiger partial charge in [0.25, 0.3) is 0 Å². The molecule has 0 bridgehead atoms. The largest absolute Gasteiger partial charge is 0.351 e. The summed E-state index contributed by atoms with van der Waals surface area (Å²) in [6.07, 6.45) is 0. The minimum Gasteiger partial charge on any atom is -0.351 e. The van der Waals surface area contributed by atoms with Crippen LogP contribution in [-0.4, -0.2) is 47.8 Å². The molecule has 1 aliphatic rings. The molecule has 0 aliphatic carbocycles. The van der Waals surface area contributed by atoms with Crippen LogP contribution in [0.3, 0.4) is 0 Å². The molecule has 148 valence electrons. The van der Waals surface area contributed by atoms with Crippen molar-refractivity contribution in [2.75, 3.05) is 26.2 Å². The zero-order chi connectivity index (χ0) is 20.0. The Morgan fingerprint density at radius 2 is 1.39 bits per heavy atom. The number of hydrogen-bond acceptors (Lipinski definition) is 3. The Kier molecular flexibility index (Phi) is 6.47. The first-order chi connectivity index (χ1) is 13.5. The Bertz CT molecular complexity index is 782. The molecule has 0 spiro atoms. The van der Waals surface area contributed by atoms with E-state index in [1.807, 2.05) is 53.4 Å².